The summed E-state index contributed by atoms with van der Waals surface area (Å²) in [7, 11) is 0. The summed E-state index contributed by atoms with van der Waals surface area (Å²) in [6, 6.07) is 14.3. The maximum absolute atomic E-state index is 12.4. The molecule has 2 N–H and O–H groups in total. The van der Waals surface area contributed by atoms with Gasteiger partial charge >= 0.3 is 5.97 Å². The van der Waals surface area contributed by atoms with Crippen LogP contribution < -0.4 is 5.32 Å². The van der Waals surface area contributed by atoms with Crippen LogP contribution in [0.2, 0.25) is 0 Å². The number of hydrogen-bond donors (Lipinski definition) is 2. The summed E-state index contributed by atoms with van der Waals surface area (Å²) in [5.74, 6) is -0.890. The van der Waals surface area contributed by atoms with Crippen molar-refractivity contribution in [3.63, 3.8) is 0 Å². The van der Waals surface area contributed by atoms with E-state index in [9.17, 15) is 9.59 Å². The van der Waals surface area contributed by atoms with Crippen LogP contribution in [0.3, 0.4) is 0 Å². The third-order valence-electron chi connectivity index (χ3n) is 3.89. The van der Waals surface area contributed by atoms with Crippen molar-refractivity contribution in [3.8, 4) is 0 Å². The lowest BCUT2D eigenvalue weighted by atomic mass is 9.96. The molecule has 0 aromatic heterocycles. The molecule has 0 fully saturated rings. The van der Waals surface area contributed by atoms with E-state index >= 15 is 0 Å². The number of carboxylic acids is 1. The van der Waals surface area contributed by atoms with E-state index in [2.05, 4.69) is 31.3 Å². The predicted octanol–water partition coefficient (Wildman–Crippen LogP) is 4.33. The molecule has 4 heteroatoms. The van der Waals surface area contributed by atoms with E-state index in [1.54, 1.807) is 12.1 Å². The Balaban J connectivity index is 2.06. The van der Waals surface area contributed by atoms with Crippen LogP contribution in [0.15, 0.2) is 48.5 Å². The monoisotopic (exact) mass is 325 g/mol. The molecule has 0 aliphatic carbocycles. The lowest BCUT2D eigenvalue weighted by Gasteiger charge is -2.14. The molecule has 0 saturated carbocycles. The van der Waals surface area contributed by atoms with Gasteiger partial charge in [0, 0.05) is 5.69 Å². The molecule has 2 rings (SSSR count). The maximum atomic E-state index is 12.4. The molecule has 1 atom stereocenters. The minimum absolute atomic E-state index is 0.151. The molecule has 0 bridgehead atoms. The Hall–Kier alpha value is -2.62. The van der Waals surface area contributed by atoms with Crippen molar-refractivity contribution in [1.82, 2.24) is 0 Å². The topological polar surface area (TPSA) is 66.4 Å². The fourth-order valence-electron chi connectivity index (χ4n) is 2.55. The Morgan fingerprint density at radius 2 is 1.71 bits per heavy atom. The second-order valence-electron chi connectivity index (χ2n) is 6.44. The molecule has 2 aromatic carbocycles. The minimum Gasteiger partial charge on any atom is -0.478 e. The largest absolute Gasteiger partial charge is 0.478 e. The van der Waals surface area contributed by atoms with Gasteiger partial charge in [-0.25, -0.2) is 4.79 Å². The number of anilines is 1. The zero-order chi connectivity index (χ0) is 17.7. The normalized spacial score (nSPS) is 12.0. The first-order valence-corrected chi connectivity index (χ1v) is 8.10. The van der Waals surface area contributed by atoms with Crippen LogP contribution in [0.1, 0.15) is 48.2 Å². The van der Waals surface area contributed by atoms with Gasteiger partial charge < -0.3 is 10.4 Å². The lowest BCUT2D eigenvalue weighted by molar-refractivity contribution is -0.117. The number of amides is 1. The van der Waals surface area contributed by atoms with Crippen LogP contribution in [0.4, 0.5) is 5.69 Å². The SMILES string of the molecule is CC(C)Cc1ccc(C(C)C(=O)Nc2cccc(C(=O)O)c2)cc1. The molecule has 0 aliphatic heterocycles. The highest BCUT2D eigenvalue weighted by molar-refractivity contribution is 5.97. The molecule has 0 aliphatic rings. The van der Waals surface area contributed by atoms with Crippen molar-refractivity contribution in [1.29, 1.82) is 0 Å². The average Bonchev–Trinajstić information content (AvgIpc) is 2.54. The summed E-state index contributed by atoms with van der Waals surface area (Å²) >= 11 is 0. The van der Waals surface area contributed by atoms with Crippen molar-refractivity contribution in [3.05, 3.63) is 65.2 Å². The molecule has 0 radical (unpaired) electrons. The van der Waals surface area contributed by atoms with Crippen molar-refractivity contribution >= 4 is 17.6 Å². The van der Waals surface area contributed by atoms with E-state index in [0.717, 1.165) is 12.0 Å². The second kappa shape index (κ2) is 7.77. The molecule has 24 heavy (non-hydrogen) atoms. The van der Waals surface area contributed by atoms with Crippen LogP contribution in [-0.4, -0.2) is 17.0 Å². The van der Waals surface area contributed by atoms with E-state index in [0.29, 0.717) is 11.6 Å². The first-order chi connectivity index (χ1) is 11.4. The summed E-state index contributed by atoms with van der Waals surface area (Å²) in [6.07, 6.45) is 1.02. The number of rotatable bonds is 6. The number of carbonyl (C=O) groups excluding carboxylic acids is 1. The van der Waals surface area contributed by atoms with Gasteiger partial charge in [0.2, 0.25) is 5.91 Å². The molecule has 126 valence electrons. The summed E-state index contributed by atoms with van der Waals surface area (Å²) in [6.45, 7) is 6.19. The minimum atomic E-state index is -1.01. The van der Waals surface area contributed by atoms with E-state index in [4.69, 9.17) is 5.11 Å². The molecule has 4 nitrogen and oxygen atoms in total. The summed E-state index contributed by atoms with van der Waals surface area (Å²) in [5, 5.41) is 11.8. The molecular formula is C20H23NO3. The molecular weight excluding hydrogens is 302 g/mol. The first kappa shape index (κ1) is 17.7. The number of carbonyl (C=O) groups is 2. The third-order valence-corrected chi connectivity index (χ3v) is 3.89. The fourth-order valence-corrected chi connectivity index (χ4v) is 2.55. The Morgan fingerprint density at radius 1 is 1.04 bits per heavy atom. The van der Waals surface area contributed by atoms with E-state index in [-0.39, 0.29) is 17.4 Å². The highest BCUT2D eigenvalue weighted by Crippen LogP contribution is 2.20. The first-order valence-electron chi connectivity index (χ1n) is 8.10. The number of hydrogen-bond acceptors (Lipinski definition) is 2. The average molecular weight is 325 g/mol. The van der Waals surface area contributed by atoms with Gasteiger partial charge in [0.25, 0.3) is 0 Å². The zero-order valence-corrected chi connectivity index (χ0v) is 14.2. The van der Waals surface area contributed by atoms with Crippen LogP contribution in [0.5, 0.6) is 0 Å². The van der Waals surface area contributed by atoms with E-state index in [1.165, 1.54) is 17.7 Å². The molecule has 0 spiro atoms. The maximum Gasteiger partial charge on any atom is 0.335 e. The Kier molecular flexibility index (Phi) is 5.74. The Bertz CT molecular complexity index is 720. The number of carboxylic acid groups (broad SMARTS) is 1. The van der Waals surface area contributed by atoms with Crippen LogP contribution in [0.25, 0.3) is 0 Å². The molecule has 0 heterocycles. The molecule has 1 unspecified atom stereocenters. The van der Waals surface area contributed by atoms with Gasteiger partial charge in [0.05, 0.1) is 11.5 Å². The van der Waals surface area contributed by atoms with Crippen LogP contribution in [-0.2, 0) is 11.2 Å². The number of nitrogens with one attached hydrogen (secondary N) is 1. The fraction of sp³-hybridized carbons (Fsp3) is 0.300. The van der Waals surface area contributed by atoms with Crippen molar-refractivity contribution in [2.24, 2.45) is 5.92 Å². The Labute approximate surface area is 142 Å². The van der Waals surface area contributed by atoms with Gasteiger partial charge in [-0.05, 0) is 48.6 Å². The van der Waals surface area contributed by atoms with Crippen molar-refractivity contribution in [2.75, 3.05) is 5.32 Å². The number of benzene rings is 2. The summed E-state index contributed by atoms with van der Waals surface area (Å²) < 4.78 is 0. The van der Waals surface area contributed by atoms with Crippen molar-refractivity contribution in [2.45, 2.75) is 33.1 Å². The van der Waals surface area contributed by atoms with Crippen molar-refractivity contribution < 1.29 is 14.7 Å². The van der Waals surface area contributed by atoms with Gasteiger partial charge in [-0.15, -0.1) is 0 Å². The van der Waals surface area contributed by atoms with Gasteiger partial charge in [0.1, 0.15) is 0 Å². The zero-order valence-electron chi connectivity index (χ0n) is 14.2. The lowest BCUT2D eigenvalue weighted by Crippen LogP contribution is -2.19. The number of aromatic carboxylic acids is 1. The standard InChI is InChI=1S/C20H23NO3/c1-13(2)11-15-7-9-16(10-8-15)14(3)19(22)21-18-6-4-5-17(12-18)20(23)24/h4-10,12-14H,11H2,1-3H3,(H,21,22)(H,23,24). The Morgan fingerprint density at radius 3 is 2.29 bits per heavy atom. The van der Waals surface area contributed by atoms with Gasteiger partial charge in [-0.2, -0.15) is 0 Å². The third kappa shape index (κ3) is 4.69. The predicted molar refractivity (Wildman–Crippen MR) is 95.4 cm³/mol. The van der Waals surface area contributed by atoms with Gasteiger partial charge in [-0.3, -0.25) is 4.79 Å². The van der Waals surface area contributed by atoms with Crippen LogP contribution >= 0.6 is 0 Å². The summed E-state index contributed by atoms with van der Waals surface area (Å²) in [4.78, 5) is 23.4. The second-order valence-corrected chi connectivity index (χ2v) is 6.44. The molecule has 2 aromatic rings. The molecule has 1 amide bonds. The highest BCUT2D eigenvalue weighted by atomic mass is 16.4. The van der Waals surface area contributed by atoms with E-state index in [1.807, 2.05) is 19.1 Å². The quantitative estimate of drug-likeness (QED) is 0.831. The highest BCUT2D eigenvalue weighted by Gasteiger charge is 2.16. The van der Waals surface area contributed by atoms with Gasteiger partial charge in [0.15, 0.2) is 0 Å². The van der Waals surface area contributed by atoms with E-state index < -0.39 is 5.97 Å². The van der Waals surface area contributed by atoms with Crippen LogP contribution in [0, 0.1) is 5.92 Å². The smallest absolute Gasteiger partial charge is 0.335 e. The summed E-state index contributed by atoms with van der Waals surface area (Å²) in [5.41, 5.74) is 2.84. The van der Waals surface area contributed by atoms with Gasteiger partial charge in [-0.1, -0.05) is 44.2 Å². The molecule has 0 saturated heterocycles.